The molecule has 4 rings (SSSR count). The molecule has 0 fully saturated rings. The van der Waals surface area contributed by atoms with E-state index in [2.05, 4.69) is 34.7 Å². The molecule has 0 spiro atoms. The largest absolute Gasteiger partial charge is 0.462 e. The molecule has 0 unspecified atom stereocenters. The van der Waals surface area contributed by atoms with E-state index in [1.807, 2.05) is 31.2 Å². The van der Waals surface area contributed by atoms with Gasteiger partial charge in [-0.15, -0.1) is 0 Å². The molecule has 0 atom stereocenters. The van der Waals surface area contributed by atoms with Gasteiger partial charge in [-0.25, -0.2) is 4.79 Å². The molecule has 3 nitrogen and oxygen atoms in total. The number of hydrogen-bond donors (Lipinski definition) is 0. The van der Waals surface area contributed by atoms with Gasteiger partial charge in [-0.2, -0.15) is 0 Å². The fourth-order valence-electron chi connectivity index (χ4n) is 2.73. The summed E-state index contributed by atoms with van der Waals surface area (Å²) in [6, 6.07) is 13.7. The SMILES string of the molecule is Cc1cc(=O)oc2c(I)c3occ(-c4ccccc4)c3cc12. The average molecular weight is 402 g/mol. The first-order valence-electron chi connectivity index (χ1n) is 6.85. The molecule has 2 aromatic heterocycles. The van der Waals surface area contributed by atoms with Crippen molar-refractivity contribution in [3.63, 3.8) is 0 Å². The molecular formula is C18H11IO3. The summed E-state index contributed by atoms with van der Waals surface area (Å²) in [6.07, 6.45) is 1.76. The minimum Gasteiger partial charge on any atom is -0.462 e. The topological polar surface area (TPSA) is 43.4 Å². The Balaban J connectivity index is 2.15. The van der Waals surface area contributed by atoms with Gasteiger partial charge in [0.2, 0.25) is 0 Å². The number of benzene rings is 2. The summed E-state index contributed by atoms with van der Waals surface area (Å²) in [5.74, 6) is 0. The van der Waals surface area contributed by atoms with Crippen LogP contribution in [0.3, 0.4) is 0 Å². The van der Waals surface area contributed by atoms with E-state index in [0.717, 1.165) is 36.6 Å². The molecule has 0 bridgehead atoms. The third-order valence-electron chi connectivity index (χ3n) is 3.81. The van der Waals surface area contributed by atoms with E-state index < -0.39 is 0 Å². The first kappa shape index (κ1) is 13.6. The molecule has 0 amide bonds. The van der Waals surface area contributed by atoms with Gasteiger partial charge in [-0.05, 0) is 46.7 Å². The van der Waals surface area contributed by atoms with Gasteiger partial charge in [-0.3, -0.25) is 0 Å². The minimum atomic E-state index is -0.336. The molecule has 4 heteroatoms. The Bertz CT molecular complexity index is 1060. The van der Waals surface area contributed by atoms with E-state index in [1.54, 1.807) is 6.26 Å². The van der Waals surface area contributed by atoms with Crippen molar-refractivity contribution in [1.82, 2.24) is 0 Å². The Labute approximate surface area is 139 Å². The lowest BCUT2D eigenvalue weighted by molar-refractivity contribution is 0.555. The lowest BCUT2D eigenvalue weighted by atomic mass is 10.0. The molecule has 2 heterocycles. The number of furan rings is 1. The van der Waals surface area contributed by atoms with Gasteiger partial charge in [-0.1, -0.05) is 30.3 Å². The third kappa shape index (κ3) is 1.98. The van der Waals surface area contributed by atoms with Crippen LogP contribution in [0.15, 0.2) is 62.4 Å². The standard InChI is InChI=1S/C18H11IO3/c1-10-7-15(20)22-18-12(10)8-13-14(9-21-17(13)16(18)19)11-5-3-2-4-6-11/h2-9H,1H3. The summed E-state index contributed by atoms with van der Waals surface area (Å²) < 4.78 is 12.0. The van der Waals surface area contributed by atoms with Crippen LogP contribution >= 0.6 is 22.6 Å². The van der Waals surface area contributed by atoms with Gasteiger partial charge in [0.1, 0.15) is 0 Å². The van der Waals surface area contributed by atoms with E-state index in [9.17, 15) is 4.79 Å². The summed E-state index contributed by atoms with van der Waals surface area (Å²) in [5.41, 5.74) is 4.06. The molecule has 0 saturated carbocycles. The van der Waals surface area contributed by atoms with E-state index in [0.29, 0.717) is 5.58 Å². The molecule has 0 radical (unpaired) electrons. The molecule has 4 aromatic rings. The molecule has 0 N–H and O–H groups in total. The maximum atomic E-state index is 11.6. The molecular weight excluding hydrogens is 391 g/mol. The Morgan fingerprint density at radius 2 is 1.77 bits per heavy atom. The highest BCUT2D eigenvalue weighted by Crippen LogP contribution is 2.37. The highest BCUT2D eigenvalue weighted by atomic mass is 127. The van der Waals surface area contributed by atoms with Crippen LogP contribution in [0.4, 0.5) is 0 Å². The predicted octanol–water partition coefficient (Wildman–Crippen LogP) is 5.12. The summed E-state index contributed by atoms with van der Waals surface area (Å²) in [4.78, 5) is 11.6. The second kappa shape index (κ2) is 4.98. The molecule has 22 heavy (non-hydrogen) atoms. The highest BCUT2D eigenvalue weighted by Gasteiger charge is 2.16. The van der Waals surface area contributed by atoms with Crippen LogP contribution in [0.1, 0.15) is 5.56 Å². The first-order chi connectivity index (χ1) is 10.6. The minimum absolute atomic E-state index is 0.336. The van der Waals surface area contributed by atoms with E-state index >= 15 is 0 Å². The van der Waals surface area contributed by atoms with E-state index in [1.165, 1.54) is 6.07 Å². The third-order valence-corrected chi connectivity index (χ3v) is 4.79. The van der Waals surface area contributed by atoms with Gasteiger partial charge in [0.05, 0.1) is 9.83 Å². The van der Waals surface area contributed by atoms with Crippen LogP contribution in [0, 0.1) is 10.5 Å². The Kier molecular flexibility index (Phi) is 3.07. The molecule has 0 aliphatic rings. The van der Waals surface area contributed by atoms with Gasteiger partial charge >= 0.3 is 5.63 Å². The summed E-state index contributed by atoms with van der Waals surface area (Å²) in [6.45, 7) is 1.92. The molecule has 0 aliphatic heterocycles. The van der Waals surface area contributed by atoms with Crippen LogP contribution in [0.2, 0.25) is 0 Å². The Morgan fingerprint density at radius 1 is 1.00 bits per heavy atom. The maximum absolute atomic E-state index is 11.6. The van der Waals surface area contributed by atoms with Crippen LogP contribution in [-0.2, 0) is 0 Å². The van der Waals surface area contributed by atoms with Gasteiger partial charge in [0, 0.05) is 22.4 Å². The number of hydrogen-bond acceptors (Lipinski definition) is 3. The van der Waals surface area contributed by atoms with Crippen molar-refractivity contribution in [2.24, 2.45) is 0 Å². The normalized spacial score (nSPS) is 11.4. The predicted molar refractivity (Wildman–Crippen MR) is 95.1 cm³/mol. The fraction of sp³-hybridized carbons (Fsp3) is 0.0556. The van der Waals surface area contributed by atoms with Crippen LogP contribution in [0.25, 0.3) is 33.1 Å². The van der Waals surface area contributed by atoms with Gasteiger partial charge in [0.25, 0.3) is 0 Å². The van der Waals surface area contributed by atoms with Crippen molar-refractivity contribution in [1.29, 1.82) is 0 Å². The number of rotatable bonds is 1. The van der Waals surface area contributed by atoms with Crippen LogP contribution in [-0.4, -0.2) is 0 Å². The van der Waals surface area contributed by atoms with E-state index in [4.69, 9.17) is 8.83 Å². The quantitative estimate of drug-likeness (QED) is 0.328. The second-order valence-corrected chi connectivity index (χ2v) is 6.29. The number of aryl methyl sites for hydroxylation is 1. The molecule has 2 aromatic carbocycles. The number of fused-ring (bicyclic) bond motifs is 2. The van der Waals surface area contributed by atoms with Crippen molar-refractivity contribution in [2.45, 2.75) is 6.92 Å². The van der Waals surface area contributed by atoms with E-state index in [-0.39, 0.29) is 5.63 Å². The summed E-state index contributed by atoms with van der Waals surface area (Å²) in [5, 5.41) is 1.97. The van der Waals surface area contributed by atoms with Crippen molar-refractivity contribution >= 4 is 44.5 Å². The van der Waals surface area contributed by atoms with Gasteiger partial charge in [0.15, 0.2) is 11.2 Å². The molecule has 0 aliphatic carbocycles. The lowest BCUT2D eigenvalue weighted by Gasteiger charge is -2.04. The smallest absolute Gasteiger partial charge is 0.336 e. The second-order valence-electron chi connectivity index (χ2n) is 5.21. The molecule has 0 saturated heterocycles. The summed E-state index contributed by atoms with van der Waals surface area (Å²) >= 11 is 2.18. The number of halogens is 1. The average Bonchev–Trinajstić information content (AvgIpc) is 2.94. The summed E-state index contributed by atoms with van der Waals surface area (Å²) in [7, 11) is 0. The fourth-order valence-corrected chi connectivity index (χ4v) is 3.55. The lowest BCUT2D eigenvalue weighted by Crippen LogP contribution is -1.99. The monoisotopic (exact) mass is 402 g/mol. The maximum Gasteiger partial charge on any atom is 0.336 e. The van der Waals surface area contributed by atoms with Crippen molar-refractivity contribution in [3.8, 4) is 11.1 Å². The zero-order chi connectivity index (χ0) is 15.3. The Morgan fingerprint density at radius 3 is 2.55 bits per heavy atom. The van der Waals surface area contributed by atoms with Crippen LogP contribution in [0.5, 0.6) is 0 Å². The van der Waals surface area contributed by atoms with Gasteiger partial charge < -0.3 is 8.83 Å². The Hall–Kier alpha value is -2.08. The van der Waals surface area contributed by atoms with Crippen molar-refractivity contribution < 1.29 is 8.83 Å². The molecule has 108 valence electrons. The zero-order valence-corrected chi connectivity index (χ0v) is 13.9. The highest BCUT2D eigenvalue weighted by molar-refractivity contribution is 14.1. The first-order valence-corrected chi connectivity index (χ1v) is 7.92. The van der Waals surface area contributed by atoms with Crippen molar-refractivity contribution in [2.75, 3.05) is 0 Å². The zero-order valence-electron chi connectivity index (χ0n) is 11.7. The van der Waals surface area contributed by atoms with Crippen molar-refractivity contribution in [3.05, 3.63) is 68.3 Å². The van der Waals surface area contributed by atoms with Crippen LogP contribution < -0.4 is 5.63 Å².